The summed E-state index contributed by atoms with van der Waals surface area (Å²) < 4.78 is 10.8. The molecule has 5 heteroatoms. The molecular weight excluding hydrogens is 316 g/mol. The Balaban J connectivity index is 1.59. The summed E-state index contributed by atoms with van der Waals surface area (Å²) in [7, 11) is 1.62. The normalized spacial score (nSPS) is 11.9. The molecule has 0 unspecified atom stereocenters. The van der Waals surface area contributed by atoms with Gasteiger partial charge in [0, 0.05) is 5.39 Å². The molecule has 128 valence electrons. The molecule has 0 aliphatic heterocycles. The summed E-state index contributed by atoms with van der Waals surface area (Å²) in [5, 5.41) is 3.82. The van der Waals surface area contributed by atoms with E-state index in [4.69, 9.17) is 9.47 Å². The number of aromatic nitrogens is 1. The first-order valence-corrected chi connectivity index (χ1v) is 8.07. The van der Waals surface area contributed by atoms with Crippen LogP contribution >= 0.6 is 0 Å². The number of fused-ring (bicyclic) bond motifs is 1. The number of hydrogen-bond acceptors (Lipinski definition) is 4. The van der Waals surface area contributed by atoms with Gasteiger partial charge in [0.15, 0.2) is 0 Å². The Kier molecular flexibility index (Phi) is 5.26. The van der Waals surface area contributed by atoms with Gasteiger partial charge in [0.25, 0.3) is 5.91 Å². The van der Waals surface area contributed by atoms with Crippen molar-refractivity contribution in [2.45, 2.75) is 19.6 Å². The van der Waals surface area contributed by atoms with Crippen molar-refractivity contribution >= 4 is 22.6 Å². The van der Waals surface area contributed by atoms with E-state index in [1.54, 1.807) is 20.1 Å². The fourth-order valence-corrected chi connectivity index (χ4v) is 2.42. The highest BCUT2D eigenvalue weighted by molar-refractivity contribution is 5.94. The minimum absolute atomic E-state index is 0.231. The Hall–Kier alpha value is -2.92. The zero-order valence-corrected chi connectivity index (χ0v) is 14.2. The molecule has 1 amide bonds. The van der Waals surface area contributed by atoms with Gasteiger partial charge in [-0.3, -0.25) is 4.79 Å². The number of benzene rings is 2. The molecule has 0 spiro atoms. The first-order valence-electron chi connectivity index (χ1n) is 8.07. The third-order valence-corrected chi connectivity index (χ3v) is 3.85. The molecule has 0 bridgehead atoms. The number of methoxy groups -OCH3 is 1. The van der Waals surface area contributed by atoms with Crippen molar-refractivity contribution in [1.82, 2.24) is 4.98 Å². The number of anilines is 1. The van der Waals surface area contributed by atoms with E-state index in [2.05, 4.69) is 10.3 Å². The minimum Gasteiger partial charge on any atom is -0.497 e. The molecule has 1 atom stereocenters. The van der Waals surface area contributed by atoms with Crippen LogP contribution in [0.4, 0.5) is 5.82 Å². The number of carbonyl (C=O) groups is 1. The van der Waals surface area contributed by atoms with Crippen molar-refractivity contribution in [2.75, 3.05) is 12.4 Å². The van der Waals surface area contributed by atoms with Crippen LogP contribution in [0.2, 0.25) is 0 Å². The fourth-order valence-electron chi connectivity index (χ4n) is 2.42. The van der Waals surface area contributed by atoms with Gasteiger partial charge in [-0.2, -0.15) is 0 Å². The maximum Gasteiger partial charge on any atom is 0.254 e. The summed E-state index contributed by atoms with van der Waals surface area (Å²) in [5.41, 5.74) is 1.79. The Bertz CT molecular complexity index is 879. The topological polar surface area (TPSA) is 60.5 Å². The van der Waals surface area contributed by atoms with Gasteiger partial charge < -0.3 is 14.8 Å². The number of carbonyl (C=O) groups excluding carboxylic acids is 1. The van der Waals surface area contributed by atoms with E-state index in [0.717, 1.165) is 22.2 Å². The third kappa shape index (κ3) is 4.33. The van der Waals surface area contributed by atoms with E-state index in [9.17, 15) is 4.79 Å². The van der Waals surface area contributed by atoms with E-state index < -0.39 is 6.10 Å². The molecule has 0 saturated heterocycles. The summed E-state index contributed by atoms with van der Waals surface area (Å²) in [4.78, 5) is 16.7. The maximum atomic E-state index is 12.3. The van der Waals surface area contributed by atoms with E-state index in [1.165, 1.54) is 0 Å². The summed E-state index contributed by atoms with van der Waals surface area (Å²) in [6, 6.07) is 19.0. The molecule has 2 aromatic carbocycles. The Morgan fingerprint density at radius 3 is 2.80 bits per heavy atom. The SMILES string of the molecule is COc1cccc(CO[C@@H](C)C(=O)Nc2ccc3ccccc3n2)c1. The van der Waals surface area contributed by atoms with E-state index in [-0.39, 0.29) is 5.91 Å². The lowest BCUT2D eigenvalue weighted by Crippen LogP contribution is -2.28. The Morgan fingerprint density at radius 1 is 1.12 bits per heavy atom. The zero-order chi connectivity index (χ0) is 17.6. The van der Waals surface area contributed by atoms with Crippen LogP contribution in [0.3, 0.4) is 0 Å². The fraction of sp³-hybridized carbons (Fsp3) is 0.200. The second-order valence-corrected chi connectivity index (χ2v) is 5.68. The molecule has 0 radical (unpaired) electrons. The van der Waals surface area contributed by atoms with Gasteiger partial charge in [-0.15, -0.1) is 0 Å². The molecule has 0 aliphatic rings. The number of pyridine rings is 1. The van der Waals surface area contributed by atoms with Crippen LogP contribution in [0.5, 0.6) is 5.75 Å². The van der Waals surface area contributed by atoms with E-state index >= 15 is 0 Å². The molecule has 1 aromatic heterocycles. The zero-order valence-electron chi connectivity index (χ0n) is 14.2. The lowest BCUT2D eigenvalue weighted by Gasteiger charge is -2.13. The second kappa shape index (κ2) is 7.77. The van der Waals surface area contributed by atoms with Crippen LogP contribution in [0.1, 0.15) is 12.5 Å². The Labute approximate surface area is 146 Å². The Morgan fingerprint density at radius 2 is 1.96 bits per heavy atom. The summed E-state index contributed by atoms with van der Waals surface area (Å²) in [6.07, 6.45) is -0.598. The van der Waals surface area contributed by atoms with Crippen molar-refractivity contribution in [3.63, 3.8) is 0 Å². The molecule has 0 saturated carbocycles. The van der Waals surface area contributed by atoms with Gasteiger partial charge in [0.05, 0.1) is 19.2 Å². The number of amides is 1. The highest BCUT2D eigenvalue weighted by Crippen LogP contribution is 2.16. The largest absolute Gasteiger partial charge is 0.497 e. The molecule has 3 aromatic rings. The number of nitrogens with zero attached hydrogens (tertiary/aromatic N) is 1. The van der Waals surface area contributed by atoms with Gasteiger partial charge in [-0.25, -0.2) is 4.98 Å². The second-order valence-electron chi connectivity index (χ2n) is 5.68. The minimum atomic E-state index is -0.598. The molecule has 0 fully saturated rings. The molecule has 25 heavy (non-hydrogen) atoms. The molecular formula is C20H20N2O3. The van der Waals surface area contributed by atoms with Gasteiger partial charge in [0.2, 0.25) is 0 Å². The van der Waals surface area contributed by atoms with Crippen LogP contribution in [0.25, 0.3) is 10.9 Å². The van der Waals surface area contributed by atoms with Gasteiger partial charge >= 0.3 is 0 Å². The number of nitrogens with one attached hydrogen (secondary N) is 1. The number of hydrogen-bond donors (Lipinski definition) is 1. The quantitative estimate of drug-likeness (QED) is 0.744. The van der Waals surface area contributed by atoms with Gasteiger partial charge in [-0.05, 0) is 42.8 Å². The lowest BCUT2D eigenvalue weighted by atomic mass is 10.2. The molecule has 1 heterocycles. The van der Waals surface area contributed by atoms with E-state index in [1.807, 2.05) is 54.6 Å². The van der Waals surface area contributed by atoms with Crippen molar-refractivity contribution in [1.29, 1.82) is 0 Å². The van der Waals surface area contributed by atoms with Crippen LogP contribution in [-0.2, 0) is 16.1 Å². The van der Waals surface area contributed by atoms with Crippen molar-refractivity contribution in [2.24, 2.45) is 0 Å². The average molecular weight is 336 g/mol. The van der Waals surface area contributed by atoms with Crippen molar-refractivity contribution in [3.05, 3.63) is 66.2 Å². The smallest absolute Gasteiger partial charge is 0.254 e. The highest BCUT2D eigenvalue weighted by Gasteiger charge is 2.14. The van der Waals surface area contributed by atoms with Crippen molar-refractivity contribution < 1.29 is 14.3 Å². The van der Waals surface area contributed by atoms with Crippen LogP contribution in [0.15, 0.2) is 60.7 Å². The first kappa shape index (κ1) is 16.9. The summed E-state index contributed by atoms with van der Waals surface area (Å²) in [6.45, 7) is 2.05. The predicted octanol–water partition coefficient (Wildman–Crippen LogP) is 3.79. The molecule has 3 rings (SSSR count). The van der Waals surface area contributed by atoms with Gasteiger partial charge in [0.1, 0.15) is 17.7 Å². The van der Waals surface area contributed by atoms with Crippen LogP contribution < -0.4 is 10.1 Å². The predicted molar refractivity (Wildman–Crippen MR) is 97.6 cm³/mol. The van der Waals surface area contributed by atoms with Crippen LogP contribution in [-0.4, -0.2) is 24.1 Å². The van der Waals surface area contributed by atoms with E-state index in [0.29, 0.717) is 12.4 Å². The molecule has 1 N–H and O–H groups in total. The monoisotopic (exact) mass is 336 g/mol. The molecule has 5 nitrogen and oxygen atoms in total. The molecule has 0 aliphatic carbocycles. The van der Waals surface area contributed by atoms with Crippen molar-refractivity contribution in [3.8, 4) is 5.75 Å². The maximum absolute atomic E-state index is 12.3. The standard InChI is InChI=1S/C20H20N2O3/c1-14(25-13-15-6-5-8-17(12-15)24-2)20(23)22-19-11-10-16-7-3-4-9-18(16)21-19/h3-12,14H,13H2,1-2H3,(H,21,22,23)/t14-/m0/s1. The number of para-hydroxylation sites is 1. The average Bonchev–Trinajstić information content (AvgIpc) is 2.66. The number of ether oxygens (including phenoxy) is 2. The highest BCUT2D eigenvalue weighted by atomic mass is 16.5. The van der Waals surface area contributed by atoms with Crippen LogP contribution in [0, 0.1) is 0 Å². The van der Waals surface area contributed by atoms with Gasteiger partial charge in [-0.1, -0.05) is 30.3 Å². The summed E-state index contributed by atoms with van der Waals surface area (Å²) in [5.74, 6) is 1.05. The number of rotatable bonds is 6. The first-order chi connectivity index (χ1) is 12.2. The lowest BCUT2D eigenvalue weighted by molar-refractivity contribution is -0.127. The summed E-state index contributed by atoms with van der Waals surface area (Å²) >= 11 is 0. The third-order valence-electron chi connectivity index (χ3n) is 3.85.